The molecule has 1 unspecified atom stereocenters. The van der Waals surface area contributed by atoms with Crippen molar-refractivity contribution >= 4 is 5.97 Å². The molecule has 2 N–H and O–H groups in total. The second-order valence-corrected chi connectivity index (χ2v) is 3.51. The van der Waals surface area contributed by atoms with Crippen molar-refractivity contribution < 1.29 is 14.3 Å². The highest BCUT2D eigenvalue weighted by Crippen LogP contribution is 2.21. The second-order valence-electron chi connectivity index (χ2n) is 3.51. The number of esters is 1. The molecule has 4 nitrogen and oxygen atoms in total. The van der Waals surface area contributed by atoms with Crippen LogP contribution in [0.1, 0.15) is 24.1 Å². The number of methoxy groups -OCH3 is 1. The van der Waals surface area contributed by atoms with Crippen molar-refractivity contribution in [2.75, 3.05) is 13.7 Å². The van der Waals surface area contributed by atoms with E-state index in [1.54, 1.807) is 20.1 Å². The number of aryl methyl sites for hydroxylation is 1. The first-order valence-electron chi connectivity index (χ1n) is 5.16. The zero-order valence-electron chi connectivity index (χ0n) is 9.82. The van der Waals surface area contributed by atoms with Crippen LogP contribution in [0.15, 0.2) is 18.2 Å². The molecule has 0 saturated heterocycles. The first-order valence-corrected chi connectivity index (χ1v) is 5.16. The molecule has 16 heavy (non-hydrogen) atoms. The van der Waals surface area contributed by atoms with Gasteiger partial charge in [0.1, 0.15) is 11.8 Å². The normalized spacial score (nSPS) is 12.0. The van der Waals surface area contributed by atoms with Crippen LogP contribution in [0.2, 0.25) is 0 Å². The second kappa shape index (κ2) is 5.51. The van der Waals surface area contributed by atoms with E-state index in [9.17, 15) is 4.79 Å². The minimum Gasteiger partial charge on any atom is -0.497 e. The number of hydrogen-bond acceptors (Lipinski definition) is 4. The lowest BCUT2D eigenvalue weighted by molar-refractivity contribution is -0.144. The Morgan fingerprint density at radius 2 is 2.12 bits per heavy atom. The summed E-state index contributed by atoms with van der Waals surface area (Å²) in [6, 6.07) is 4.72. The summed E-state index contributed by atoms with van der Waals surface area (Å²) in [5, 5.41) is 0. The van der Waals surface area contributed by atoms with Gasteiger partial charge in [-0.1, -0.05) is 6.07 Å². The fraction of sp³-hybridized carbons (Fsp3) is 0.417. The van der Waals surface area contributed by atoms with E-state index in [2.05, 4.69) is 0 Å². The highest BCUT2D eigenvalue weighted by Gasteiger charge is 2.17. The Hall–Kier alpha value is -1.55. The summed E-state index contributed by atoms with van der Waals surface area (Å²) in [7, 11) is 1.58. The van der Waals surface area contributed by atoms with Crippen LogP contribution in [0, 0.1) is 6.92 Å². The molecule has 0 bridgehead atoms. The van der Waals surface area contributed by atoms with Crippen molar-refractivity contribution in [1.82, 2.24) is 0 Å². The number of hydrogen-bond donors (Lipinski definition) is 1. The van der Waals surface area contributed by atoms with Crippen LogP contribution in [0.3, 0.4) is 0 Å². The maximum atomic E-state index is 11.5. The Kier molecular flexibility index (Phi) is 4.31. The van der Waals surface area contributed by atoms with Crippen LogP contribution in [-0.4, -0.2) is 19.7 Å². The van der Waals surface area contributed by atoms with Crippen molar-refractivity contribution in [2.24, 2.45) is 5.73 Å². The molecule has 1 atom stereocenters. The van der Waals surface area contributed by atoms with Gasteiger partial charge in [-0.25, -0.2) is 4.79 Å². The molecule has 0 spiro atoms. The molecule has 0 aromatic heterocycles. The quantitative estimate of drug-likeness (QED) is 0.787. The van der Waals surface area contributed by atoms with Crippen molar-refractivity contribution in [3.63, 3.8) is 0 Å². The Balaban J connectivity index is 2.94. The van der Waals surface area contributed by atoms with Crippen molar-refractivity contribution in [3.05, 3.63) is 29.3 Å². The third kappa shape index (κ3) is 2.97. The van der Waals surface area contributed by atoms with Crippen LogP contribution in [0.5, 0.6) is 5.75 Å². The largest absolute Gasteiger partial charge is 0.497 e. The molecule has 0 aliphatic heterocycles. The van der Waals surface area contributed by atoms with Gasteiger partial charge < -0.3 is 15.2 Å². The Labute approximate surface area is 95.3 Å². The van der Waals surface area contributed by atoms with Crippen LogP contribution >= 0.6 is 0 Å². The van der Waals surface area contributed by atoms with Gasteiger partial charge in [-0.05, 0) is 37.1 Å². The molecule has 0 saturated carbocycles. The number of nitrogens with two attached hydrogens (primary N) is 1. The van der Waals surface area contributed by atoms with Gasteiger partial charge in [-0.2, -0.15) is 0 Å². The lowest BCUT2D eigenvalue weighted by atomic mass is 10.0. The highest BCUT2D eigenvalue weighted by molar-refractivity contribution is 5.77. The standard InChI is InChI=1S/C12H17NO3/c1-4-16-12(14)11(13)9-5-8(2)6-10(7-9)15-3/h5-7,11H,4,13H2,1-3H3. The van der Waals surface area contributed by atoms with Gasteiger partial charge in [-0.15, -0.1) is 0 Å². The van der Waals surface area contributed by atoms with E-state index < -0.39 is 12.0 Å². The highest BCUT2D eigenvalue weighted by atomic mass is 16.5. The van der Waals surface area contributed by atoms with Gasteiger partial charge in [0.05, 0.1) is 13.7 Å². The van der Waals surface area contributed by atoms with Gasteiger partial charge in [-0.3, -0.25) is 0 Å². The van der Waals surface area contributed by atoms with Gasteiger partial charge in [0.2, 0.25) is 0 Å². The van der Waals surface area contributed by atoms with Crippen LogP contribution in [-0.2, 0) is 9.53 Å². The summed E-state index contributed by atoms with van der Waals surface area (Å²) in [4.78, 5) is 11.5. The van der Waals surface area contributed by atoms with Gasteiger partial charge in [0.25, 0.3) is 0 Å². The Bertz CT molecular complexity index is 377. The fourth-order valence-corrected chi connectivity index (χ4v) is 1.44. The topological polar surface area (TPSA) is 61.5 Å². The number of carbonyl (C=O) groups excluding carboxylic acids is 1. The summed E-state index contributed by atoms with van der Waals surface area (Å²) < 4.78 is 9.98. The number of rotatable bonds is 4. The van der Waals surface area contributed by atoms with E-state index in [0.717, 1.165) is 5.56 Å². The number of carbonyl (C=O) groups is 1. The fourth-order valence-electron chi connectivity index (χ4n) is 1.44. The average molecular weight is 223 g/mol. The SMILES string of the molecule is CCOC(=O)C(N)c1cc(C)cc(OC)c1. The van der Waals surface area contributed by atoms with Crippen LogP contribution < -0.4 is 10.5 Å². The molecule has 0 heterocycles. The van der Waals surface area contributed by atoms with Crippen molar-refractivity contribution in [2.45, 2.75) is 19.9 Å². The van der Waals surface area contributed by atoms with Crippen LogP contribution in [0.4, 0.5) is 0 Å². The minimum absolute atomic E-state index is 0.329. The number of ether oxygens (including phenoxy) is 2. The summed E-state index contributed by atoms with van der Waals surface area (Å²) >= 11 is 0. The van der Waals surface area contributed by atoms with E-state index in [1.807, 2.05) is 19.1 Å². The Morgan fingerprint density at radius 3 is 2.69 bits per heavy atom. The predicted molar refractivity (Wildman–Crippen MR) is 61.3 cm³/mol. The average Bonchev–Trinajstić information content (AvgIpc) is 2.27. The monoisotopic (exact) mass is 223 g/mol. The van der Waals surface area contributed by atoms with Crippen molar-refractivity contribution in [1.29, 1.82) is 0 Å². The summed E-state index contributed by atoms with van der Waals surface area (Å²) in [6.45, 7) is 4.00. The molecule has 0 aliphatic carbocycles. The van der Waals surface area contributed by atoms with E-state index in [4.69, 9.17) is 15.2 Å². The predicted octanol–water partition coefficient (Wildman–Crippen LogP) is 1.57. The van der Waals surface area contributed by atoms with Gasteiger partial charge in [0, 0.05) is 0 Å². The molecule has 0 fully saturated rings. The minimum atomic E-state index is -0.756. The van der Waals surface area contributed by atoms with E-state index in [-0.39, 0.29) is 0 Å². The van der Waals surface area contributed by atoms with Gasteiger partial charge in [0.15, 0.2) is 0 Å². The van der Waals surface area contributed by atoms with Gasteiger partial charge >= 0.3 is 5.97 Å². The molecule has 4 heteroatoms. The molecule has 88 valence electrons. The lowest BCUT2D eigenvalue weighted by Gasteiger charge is -2.12. The third-order valence-corrected chi connectivity index (χ3v) is 2.21. The maximum Gasteiger partial charge on any atom is 0.327 e. The van der Waals surface area contributed by atoms with E-state index in [0.29, 0.717) is 17.9 Å². The third-order valence-electron chi connectivity index (χ3n) is 2.21. The van der Waals surface area contributed by atoms with Crippen LogP contribution in [0.25, 0.3) is 0 Å². The van der Waals surface area contributed by atoms with E-state index >= 15 is 0 Å². The molecule has 0 aliphatic rings. The molecule has 1 aromatic rings. The zero-order chi connectivity index (χ0) is 12.1. The molecule has 0 radical (unpaired) electrons. The molecule has 1 rings (SSSR count). The zero-order valence-corrected chi connectivity index (χ0v) is 9.82. The lowest BCUT2D eigenvalue weighted by Crippen LogP contribution is -2.23. The molecule has 0 amide bonds. The number of benzene rings is 1. The first kappa shape index (κ1) is 12.5. The maximum absolute atomic E-state index is 11.5. The summed E-state index contributed by atoms with van der Waals surface area (Å²) in [5.41, 5.74) is 7.49. The smallest absolute Gasteiger partial charge is 0.327 e. The molecule has 1 aromatic carbocycles. The summed E-state index contributed by atoms with van der Waals surface area (Å²) in [5.74, 6) is 0.268. The summed E-state index contributed by atoms with van der Waals surface area (Å²) in [6.07, 6.45) is 0. The van der Waals surface area contributed by atoms with Crippen molar-refractivity contribution in [3.8, 4) is 5.75 Å². The first-order chi connectivity index (χ1) is 7.58. The Morgan fingerprint density at radius 1 is 1.44 bits per heavy atom. The molecular weight excluding hydrogens is 206 g/mol. The molecular formula is C12H17NO3. The van der Waals surface area contributed by atoms with E-state index in [1.165, 1.54) is 0 Å².